The maximum absolute atomic E-state index is 11.9. The Morgan fingerprint density at radius 1 is 1.09 bits per heavy atom. The van der Waals surface area contributed by atoms with Gasteiger partial charge < -0.3 is 10.1 Å². The number of carbonyl (C=O) groups excluding carboxylic acids is 1. The zero-order valence-corrected chi connectivity index (χ0v) is 14.4. The summed E-state index contributed by atoms with van der Waals surface area (Å²) in [5.41, 5.74) is 1.40. The van der Waals surface area contributed by atoms with E-state index in [1.165, 1.54) is 12.1 Å². The first-order valence-electron chi connectivity index (χ1n) is 6.21. The van der Waals surface area contributed by atoms with Crippen LogP contribution in [0, 0.1) is 6.92 Å². The monoisotopic (exact) mass is 377 g/mol. The molecule has 0 radical (unpaired) electrons. The van der Waals surface area contributed by atoms with Gasteiger partial charge in [0, 0.05) is 15.7 Å². The van der Waals surface area contributed by atoms with E-state index in [4.69, 9.17) is 51.1 Å². The van der Waals surface area contributed by atoms with Crippen LogP contribution >= 0.6 is 46.4 Å². The number of rotatable bonds is 4. The minimum atomic E-state index is -0.354. The van der Waals surface area contributed by atoms with E-state index in [2.05, 4.69) is 5.32 Å². The minimum Gasteiger partial charge on any atom is -0.481 e. The molecule has 0 heterocycles. The number of hydrogen-bond acceptors (Lipinski definition) is 2. The molecule has 0 spiro atoms. The molecular formula is C15H11Cl4NO2. The molecule has 2 aromatic carbocycles. The van der Waals surface area contributed by atoms with Gasteiger partial charge in [-0.25, -0.2) is 0 Å². The highest BCUT2D eigenvalue weighted by Gasteiger charge is 2.12. The Bertz CT molecular complexity index is 696. The fraction of sp³-hybridized carbons (Fsp3) is 0.133. The van der Waals surface area contributed by atoms with Gasteiger partial charge in [0.25, 0.3) is 5.91 Å². The third-order valence-corrected chi connectivity index (χ3v) is 4.04. The van der Waals surface area contributed by atoms with Crippen molar-refractivity contribution < 1.29 is 9.53 Å². The summed E-state index contributed by atoms with van der Waals surface area (Å²) in [6.07, 6.45) is 0. The van der Waals surface area contributed by atoms with Crippen molar-refractivity contribution >= 4 is 58.0 Å². The van der Waals surface area contributed by atoms with E-state index in [1.54, 1.807) is 18.2 Å². The van der Waals surface area contributed by atoms with Gasteiger partial charge in [-0.1, -0.05) is 52.5 Å². The van der Waals surface area contributed by atoms with Crippen molar-refractivity contribution in [2.75, 3.05) is 11.9 Å². The van der Waals surface area contributed by atoms with Gasteiger partial charge in [-0.2, -0.15) is 0 Å². The molecule has 2 rings (SSSR count). The number of hydrogen-bond donors (Lipinski definition) is 1. The number of anilines is 1. The predicted molar refractivity (Wildman–Crippen MR) is 91.8 cm³/mol. The lowest BCUT2D eigenvalue weighted by atomic mass is 10.2. The number of benzene rings is 2. The van der Waals surface area contributed by atoms with Crippen LogP contribution in [0.2, 0.25) is 20.1 Å². The van der Waals surface area contributed by atoms with Crippen molar-refractivity contribution in [3.63, 3.8) is 0 Å². The lowest BCUT2D eigenvalue weighted by Crippen LogP contribution is -2.20. The molecule has 2 aromatic rings. The Morgan fingerprint density at radius 2 is 1.73 bits per heavy atom. The van der Waals surface area contributed by atoms with Crippen LogP contribution in [0.3, 0.4) is 0 Å². The molecule has 22 heavy (non-hydrogen) atoms. The van der Waals surface area contributed by atoms with Crippen LogP contribution in [0.4, 0.5) is 5.69 Å². The lowest BCUT2D eigenvalue weighted by Gasteiger charge is -2.12. The summed E-state index contributed by atoms with van der Waals surface area (Å²) in [6, 6.07) is 8.23. The molecule has 1 amide bonds. The Morgan fingerprint density at radius 3 is 2.36 bits per heavy atom. The molecule has 0 unspecified atom stereocenters. The van der Waals surface area contributed by atoms with Crippen LogP contribution < -0.4 is 10.1 Å². The van der Waals surface area contributed by atoms with Crippen LogP contribution in [0.25, 0.3) is 0 Å². The van der Waals surface area contributed by atoms with Crippen molar-refractivity contribution in [1.82, 2.24) is 0 Å². The molecule has 1 N–H and O–H groups in total. The van der Waals surface area contributed by atoms with Crippen molar-refractivity contribution in [1.29, 1.82) is 0 Å². The topological polar surface area (TPSA) is 38.3 Å². The van der Waals surface area contributed by atoms with E-state index in [-0.39, 0.29) is 28.3 Å². The molecule has 7 heteroatoms. The number of halogens is 4. The van der Waals surface area contributed by atoms with Gasteiger partial charge in [0.05, 0.1) is 10.0 Å². The van der Waals surface area contributed by atoms with Crippen LogP contribution in [0.15, 0.2) is 30.3 Å². The molecule has 0 fully saturated rings. The predicted octanol–water partition coefficient (Wildman–Crippen LogP) is 5.63. The van der Waals surface area contributed by atoms with Gasteiger partial charge in [0.15, 0.2) is 12.4 Å². The fourth-order valence-corrected chi connectivity index (χ4v) is 2.83. The first kappa shape index (κ1) is 17.2. The second kappa shape index (κ2) is 7.42. The average Bonchev–Trinajstić information content (AvgIpc) is 2.42. The van der Waals surface area contributed by atoms with E-state index in [0.717, 1.165) is 5.56 Å². The summed E-state index contributed by atoms with van der Waals surface area (Å²) < 4.78 is 5.36. The van der Waals surface area contributed by atoms with Crippen molar-refractivity contribution in [3.8, 4) is 5.75 Å². The standard InChI is InChI=1S/C15H11Cl4NO2/c1-8-10(17)3-2-4-13(8)20-14(21)7-22-15-11(18)5-9(16)6-12(15)19/h2-6H,7H2,1H3,(H,20,21). The smallest absolute Gasteiger partial charge is 0.262 e. The normalized spacial score (nSPS) is 10.4. The highest BCUT2D eigenvalue weighted by molar-refractivity contribution is 6.40. The zero-order chi connectivity index (χ0) is 16.3. The maximum atomic E-state index is 11.9. The summed E-state index contributed by atoms with van der Waals surface area (Å²) in [6.45, 7) is 1.57. The summed E-state index contributed by atoms with van der Waals surface area (Å²) in [5.74, 6) is -0.141. The van der Waals surface area contributed by atoms with Crippen LogP contribution in [0.5, 0.6) is 5.75 Å². The molecular weight excluding hydrogens is 368 g/mol. The summed E-state index contributed by atoms with van der Waals surface area (Å²) in [5, 5.41) is 4.15. The quantitative estimate of drug-likeness (QED) is 0.748. The highest BCUT2D eigenvalue weighted by Crippen LogP contribution is 2.35. The second-order valence-corrected chi connectivity index (χ2v) is 6.11. The summed E-state index contributed by atoms with van der Waals surface area (Å²) >= 11 is 23.8. The van der Waals surface area contributed by atoms with E-state index in [1.807, 2.05) is 6.92 Å². The lowest BCUT2D eigenvalue weighted by molar-refractivity contribution is -0.118. The maximum Gasteiger partial charge on any atom is 0.262 e. The van der Waals surface area contributed by atoms with Gasteiger partial charge in [-0.15, -0.1) is 0 Å². The first-order chi connectivity index (χ1) is 10.4. The van der Waals surface area contributed by atoms with E-state index >= 15 is 0 Å². The molecule has 0 saturated heterocycles. The third-order valence-electron chi connectivity index (χ3n) is 2.85. The van der Waals surface area contributed by atoms with Crippen LogP contribution in [-0.2, 0) is 4.79 Å². The van der Waals surface area contributed by atoms with Crippen molar-refractivity contribution in [3.05, 3.63) is 56.0 Å². The molecule has 0 atom stereocenters. The third kappa shape index (κ3) is 4.20. The van der Waals surface area contributed by atoms with E-state index < -0.39 is 0 Å². The molecule has 0 aliphatic heterocycles. The highest BCUT2D eigenvalue weighted by atomic mass is 35.5. The van der Waals surface area contributed by atoms with Crippen molar-refractivity contribution in [2.45, 2.75) is 6.92 Å². The minimum absolute atomic E-state index is 0.214. The average molecular weight is 379 g/mol. The summed E-state index contributed by atoms with van der Waals surface area (Å²) in [4.78, 5) is 11.9. The molecule has 116 valence electrons. The number of nitrogens with one attached hydrogen (secondary N) is 1. The fourth-order valence-electron chi connectivity index (χ4n) is 1.73. The van der Waals surface area contributed by atoms with E-state index in [0.29, 0.717) is 15.7 Å². The molecule has 3 nitrogen and oxygen atoms in total. The Hall–Kier alpha value is -1.13. The van der Waals surface area contributed by atoms with Gasteiger partial charge in [-0.3, -0.25) is 4.79 Å². The van der Waals surface area contributed by atoms with Gasteiger partial charge in [0.1, 0.15) is 0 Å². The second-order valence-electron chi connectivity index (χ2n) is 4.45. The molecule has 0 bridgehead atoms. The van der Waals surface area contributed by atoms with Crippen LogP contribution in [-0.4, -0.2) is 12.5 Å². The Labute approximate surface area is 148 Å². The van der Waals surface area contributed by atoms with Gasteiger partial charge in [-0.05, 0) is 36.8 Å². The molecule has 0 aromatic heterocycles. The molecule has 0 aliphatic rings. The van der Waals surface area contributed by atoms with E-state index in [9.17, 15) is 4.79 Å². The number of carbonyl (C=O) groups is 1. The van der Waals surface area contributed by atoms with Gasteiger partial charge in [0.2, 0.25) is 0 Å². The molecule has 0 aliphatic carbocycles. The van der Waals surface area contributed by atoms with Crippen molar-refractivity contribution in [2.24, 2.45) is 0 Å². The SMILES string of the molecule is Cc1c(Cl)cccc1NC(=O)COc1c(Cl)cc(Cl)cc1Cl. The Kier molecular flexibility index (Phi) is 5.81. The largest absolute Gasteiger partial charge is 0.481 e. The van der Waals surface area contributed by atoms with Gasteiger partial charge >= 0.3 is 0 Å². The number of ether oxygens (including phenoxy) is 1. The zero-order valence-electron chi connectivity index (χ0n) is 11.4. The summed E-state index contributed by atoms with van der Waals surface area (Å²) in [7, 11) is 0. The molecule has 0 saturated carbocycles. The number of amides is 1. The first-order valence-corrected chi connectivity index (χ1v) is 7.72. The van der Waals surface area contributed by atoms with Crippen LogP contribution in [0.1, 0.15) is 5.56 Å². The Balaban J connectivity index is 2.03.